The molecule has 0 N–H and O–H groups in total. The van der Waals surface area contributed by atoms with Crippen LogP contribution in [0.1, 0.15) is 63.0 Å². The average Bonchev–Trinajstić information content (AvgIpc) is 3.30. The van der Waals surface area contributed by atoms with Gasteiger partial charge in [-0.15, -0.1) is 0 Å². The van der Waals surface area contributed by atoms with Gasteiger partial charge in [-0.2, -0.15) is 17.6 Å². The van der Waals surface area contributed by atoms with Crippen LogP contribution in [0.25, 0.3) is 11.3 Å². The molecule has 0 saturated carbocycles. The lowest BCUT2D eigenvalue weighted by atomic mass is 9.99. The number of thiazole rings is 1. The van der Waals surface area contributed by atoms with Gasteiger partial charge in [-0.3, -0.25) is 14.7 Å². The van der Waals surface area contributed by atoms with Crippen LogP contribution < -0.4 is 4.90 Å². The number of halogens is 4. The van der Waals surface area contributed by atoms with Crippen LogP contribution in [0.3, 0.4) is 0 Å². The second kappa shape index (κ2) is 14.2. The van der Waals surface area contributed by atoms with E-state index in [-0.39, 0.29) is 34.1 Å². The fraction of sp³-hybridized carbons (Fsp3) is 0.452. The summed E-state index contributed by atoms with van der Waals surface area (Å²) in [5.41, 5.74) is -0.0944. The zero-order chi connectivity index (χ0) is 30.2. The van der Waals surface area contributed by atoms with Gasteiger partial charge in [0.05, 0.1) is 38.9 Å². The Morgan fingerprint density at radius 1 is 1.07 bits per heavy atom. The van der Waals surface area contributed by atoms with Crippen LogP contribution in [-0.4, -0.2) is 48.0 Å². The quantitative estimate of drug-likeness (QED) is 0.0817. The Balaban J connectivity index is 2.01. The fourth-order valence-corrected chi connectivity index (χ4v) is 5.24. The first-order valence-corrected chi connectivity index (χ1v) is 14.7. The van der Waals surface area contributed by atoms with Gasteiger partial charge >= 0.3 is 6.18 Å². The van der Waals surface area contributed by atoms with Gasteiger partial charge in [0.15, 0.2) is 5.13 Å². The summed E-state index contributed by atoms with van der Waals surface area (Å²) in [4.78, 5) is 23.1. The van der Waals surface area contributed by atoms with Crippen LogP contribution in [0.4, 0.5) is 28.4 Å². The molecule has 0 aliphatic rings. The molecule has 1 aromatic carbocycles. The van der Waals surface area contributed by atoms with Gasteiger partial charge in [-0.1, -0.05) is 63.0 Å². The predicted molar refractivity (Wildman–Crippen MR) is 158 cm³/mol. The molecule has 41 heavy (non-hydrogen) atoms. The number of nitrogens with zero attached hydrogens (tertiary/aromatic N) is 4. The van der Waals surface area contributed by atoms with Crippen molar-refractivity contribution in [3.05, 3.63) is 71.1 Å². The first-order valence-electron chi connectivity index (χ1n) is 13.9. The van der Waals surface area contributed by atoms with E-state index in [0.29, 0.717) is 40.8 Å². The number of aromatic nitrogens is 2. The van der Waals surface area contributed by atoms with E-state index in [1.54, 1.807) is 12.1 Å². The molecule has 0 aliphatic heterocycles. The minimum atomic E-state index is -4.63. The highest BCUT2D eigenvalue weighted by molar-refractivity contribution is 7.14. The van der Waals surface area contributed by atoms with Crippen molar-refractivity contribution >= 4 is 28.1 Å². The molecule has 2 heterocycles. The van der Waals surface area contributed by atoms with E-state index >= 15 is 4.39 Å². The van der Waals surface area contributed by atoms with Crippen molar-refractivity contribution in [2.45, 2.75) is 64.5 Å². The Bertz CT molecular complexity index is 1320. The molecular weight excluding hydrogens is 552 g/mol. The van der Waals surface area contributed by atoms with E-state index in [1.165, 1.54) is 24.5 Å². The van der Waals surface area contributed by atoms with Gasteiger partial charge in [-0.05, 0) is 42.7 Å². The molecule has 1 amide bonds. The summed E-state index contributed by atoms with van der Waals surface area (Å²) in [6, 6.07) is 7.13. The van der Waals surface area contributed by atoms with Crippen LogP contribution in [0.5, 0.6) is 0 Å². The number of alkyl halides is 3. The van der Waals surface area contributed by atoms with Gasteiger partial charge in [-0.25, -0.2) is 4.98 Å². The summed E-state index contributed by atoms with van der Waals surface area (Å²) in [6.07, 6.45) is 4.71. The molecule has 2 aromatic heterocycles. The Hall–Kier alpha value is -3.11. The molecule has 222 valence electrons. The lowest BCUT2D eigenvalue weighted by Crippen LogP contribution is -2.37. The zero-order valence-electron chi connectivity index (χ0n) is 24.2. The number of hydrogen-bond donors (Lipinski definition) is 0. The maximum Gasteiger partial charge on any atom is 0.416 e. The molecule has 3 aromatic rings. The van der Waals surface area contributed by atoms with E-state index in [9.17, 15) is 18.0 Å². The minimum absolute atomic E-state index is 0.0244. The number of pyridine rings is 1. The van der Waals surface area contributed by atoms with Crippen LogP contribution in [-0.2, 0) is 17.4 Å². The third-order valence-electron chi connectivity index (χ3n) is 6.75. The van der Waals surface area contributed by atoms with Gasteiger partial charge < -0.3 is 4.48 Å². The molecule has 10 heteroatoms. The summed E-state index contributed by atoms with van der Waals surface area (Å²) in [5, 5.41) is -0.743. The smallest absolute Gasteiger partial charge is 0.331 e. The molecule has 0 spiro atoms. The van der Waals surface area contributed by atoms with E-state index < -0.39 is 22.8 Å². The topological polar surface area (TPSA) is 46.1 Å². The number of rotatable bonds is 14. The number of amides is 1. The van der Waals surface area contributed by atoms with E-state index in [1.807, 2.05) is 21.1 Å². The lowest BCUT2D eigenvalue weighted by molar-refractivity contribution is -0.870. The number of carbonyl (C=O) groups excluding carboxylic acids is 1. The van der Waals surface area contributed by atoms with Crippen molar-refractivity contribution in [2.75, 3.05) is 32.6 Å². The lowest BCUT2D eigenvalue weighted by Gasteiger charge is -2.26. The van der Waals surface area contributed by atoms with Crippen molar-refractivity contribution in [1.29, 1.82) is 0 Å². The standard InChI is InChI=1S/C31H39F4N4OS/c1-6-7-8-9-10-11-13-23-15-16-25(20-26(23)31(33,34)35)38(29(40)22(2)17-19-39(3,4)5)30-37-27(28(32)41-30)24-14-12-18-36-21-24/h12,14-16,18,20-21H,2,6-11,13,17,19H2,1,3-5H3/q+1. The van der Waals surface area contributed by atoms with E-state index in [4.69, 9.17) is 0 Å². The maximum atomic E-state index is 15.1. The fourth-order valence-electron chi connectivity index (χ4n) is 4.40. The molecule has 0 bridgehead atoms. The molecule has 0 saturated heterocycles. The molecule has 5 nitrogen and oxygen atoms in total. The predicted octanol–water partition coefficient (Wildman–Crippen LogP) is 8.58. The van der Waals surface area contributed by atoms with Crippen LogP contribution in [0.15, 0.2) is 54.9 Å². The van der Waals surface area contributed by atoms with Gasteiger partial charge in [0.2, 0.25) is 5.13 Å². The number of aryl methyl sites for hydroxylation is 1. The largest absolute Gasteiger partial charge is 0.416 e. The highest BCUT2D eigenvalue weighted by Crippen LogP contribution is 2.40. The first kappa shape index (κ1) is 32.4. The van der Waals surface area contributed by atoms with E-state index in [0.717, 1.165) is 43.1 Å². The average molecular weight is 592 g/mol. The molecular formula is C31H39F4N4OS+. The van der Waals surface area contributed by atoms with Gasteiger partial charge in [0.1, 0.15) is 5.69 Å². The molecule has 3 rings (SSSR count). The third kappa shape index (κ3) is 9.19. The number of unbranched alkanes of at least 4 members (excludes halogenated alkanes) is 5. The molecule has 0 unspecified atom stereocenters. The van der Waals surface area contributed by atoms with Gasteiger partial charge in [0.25, 0.3) is 5.91 Å². The van der Waals surface area contributed by atoms with Crippen molar-refractivity contribution in [1.82, 2.24) is 9.97 Å². The van der Waals surface area contributed by atoms with Crippen LogP contribution in [0, 0.1) is 5.13 Å². The SMILES string of the molecule is C=C(CC[N+](C)(C)C)C(=O)N(c1ccc(CCCCCCCC)c(C(F)(F)F)c1)c1nc(-c2cccnc2)c(F)s1. The van der Waals surface area contributed by atoms with Crippen molar-refractivity contribution in [2.24, 2.45) is 0 Å². The monoisotopic (exact) mass is 591 g/mol. The summed E-state index contributed by atoms with van der Waals surface area (Å²) in [7, 11) is 5.89. The Morgan fingerprint density at radius 2 is 1.78 bits per heavy atom. The number of anilines is 2. The zero-order valence-corrected chi connectivity index (χ0v) is 25.0. The summed E-state index contributed by atoms with van der Waals surface area (Å²) in [6.45, 7) is 6.62. The Labute approximate surface area is 244 Å². The third-order valence-corrected chi connectivity index (χ3v) is 7.58. The minimum Gasteiger partial charge on any atom is -0.331 e. The normalized spacial score (nSPS) is 12.0. The van der Waals surface area contributed by atoms with Crippen molar-refractivity contribution in [3.63, 3.8) is 0 Å². The van der Waals surface area contributed by atoms with E-state index in [2.05, 4.69) is 23.5 Å². The maximum absolute atomic E-state index is 15.1. The number of hydrogen-bond acceptors (Lipinski definition) is 4. The highest BCUT2D eigenvalue weighted by atomic mass is 32.1. The molecule has 0 fully saturated rings. The molecule has 0 aliphatic carbocycles. The number of benzene rings is 1. The van der Waals surface area contributed by atoms with Crippen molar-refractivity contribution in [3.8, 4) is 11.3 Å². The number of quaternary nitrogens is 1. The number of carbonyl (C=O) groups is 1. The van der Waals surface area contributed by atoms with Crippen molar-refractivity contribution < 1.29 is 26.8 Å². The first-order chi connectivity index (χ1) is 19.3. The summed E-state index contributed by atoms with van der Waals surface area (Å²) >= 11 is 0.596. The Morgan fingerprint density at radius 3 is 2.41 bits per heavy atom. The highest BCUT2D eigenvalue weighted by Gasteiger charge is 2.35. The molecule has 0 radical (unpaired) electrons. The Kier molecular flexibility index (Phi) is 11.2. The van der Waals surface area contributed by atoms with Crippen LogP contribution in [0.2, 0.25) is 0 Å². The molecule has 0 atom stereocenters. The second-order valence-electron chi connectivity index (χ2n) is 11.2. The van der Waals surface area contributed by atoms with Crippen LogP contribution >= 0.6 is 11.3 Å². The summed E-state index contributed by atoms with van der Waals surface area (Å²) < 4.78 is 58.5. The summed E-state index contributed by atoms with van der Waals surface area (Å²) in [5.74, 6) is -0.623. The second-order valence-corrected chi connectivity index (χ2v) is 12.2. The van der Waals surface area contributed by atoms with Gasteiger partial charge in [0, 0.05) is 30.0 Å².